The minimum absolute atomic E-state index is 0.873. The van der Waals surface area contributed by atoms with Crippen molar-refractivity contribution >= 4 is 38.5 Å². The fraction of sp³-hybridized carbons (Fsp3) is 0.0833. The number of rotatable bonds is 2. The highest BCUT2D eigenvalue weighted by molar-refractivity contribution is 9.10. The van der Waals surface area contributed by atoms with Gasteiger partial charge in [-0.2, -0.15) is 0 Å². The van der Waals surface area contributed by atoms with Crippen molar-refractivity contribution in [2.24, 2.45) is 0 Å². The zero-order valence-electron chi connectivity index (χ0n) is 9.14. The quantitative estimate of drug-likeness (QED) is 0.779. The SMILES string of the molecule is CNc1ccn2c(-c3cccs3)nc(Br)c2c1. The molecule has 17 heavy (non-hydrogen) atoms. The van der Waals surface area contributed by atoms with Gasteiger partial charge in [-0.1, -0.05) is 6.07 Å². The third-order valence-electron chi connectivity index (χ3n) is 2.63. The van der Waals surface area contributed by atoms with E-state index in [1.165, 1.54) is 4.88 Å². The molecular weight excluding hydrogens is 298 g/mol. The van der Waals surface area contributed by atoms with Gasteiger partial charge in [-0.25, -0.2) is 4.98 Å². The van der Waals surface area contributed by atoms with Crippen molar-refractivity contribution in [2.45, 2.75) is 0 Å². The summed E-state index contributed by atoms with van der Waals surface area (Å²) in [6, 6.07) is 8.24. The van der Waals surface area contributed by atoms with E-state index >= 15 is 0 Å². The largest absolute Gasteiger partial charge is 0.388 e. The van der Waals surface area contributed by atoms with E-state index in [0.717, 1.165) is 21.6 Å². The van der Waals surface area contributed by atoms with Gasteiger partial charge in [-0.3, -0.25) is 4.40 Å². The Hall–Kier alpha value is -1.33. The Morgan fingerprint density at radius 1 is 1.41 bits per heavy atom. The summed E-state index contributed by atoms with van der Waals surface area (Å²) in [4.78, 5) is 5.74. The highest BCUT2D eigenvalue weighted by Gasteiger charge is 2.11. The normalized spacial score (nSPS) is 10.9. The molecule has 3 aromatic heterocycles. The average molecular weight is 308 g/mol. The maximum Gasteiger partial charge on any atom is 0.156 e. The fourth-order valence-corrected chi connectivity index (χ4v) is 2.97. The first-order valence-corrected chi connectivity index (χ1v) is 6.86. The van der Waals surface area contributed by atoms with Crippen molar-refractivity contribution < 1.29 is 0 Å². The lowest BCUT2D eigenvalue weighted by molar-refractivity contribution is 1.17. The molecule has 0 unspecified atom stereocenters. The lowest BCUT2D eigenvalue weighted by Crippen LogP contribution is -1.91. The number of thiophene rings is 1. The van der Waals surface area contributed by atoms with E-state index in [1.54, 1.807) is 11.3 Å². The third-order valence-corrected chi connectivity index (χ3v) is 4.08. The molecule has 0 spiro atoms. The van der Waals surface area contributed by atoms with Gasteiger partial charge < -0.3 is 5.32 Å². The van der Waals surface area contributed by atoms with E-state index in [-0.39, 0.29) is 0 Å². The van der Waals surface area contributed by atoms with Crippen molar-refractivity contribution in [3.8, 4) is 10.7 Å². The first kappa shape index (κ1) is 10.8. The van der Waals surface area contributed by atoms with Crippen molar-refractivity contribution in [3.63, 3.8) is 0 Å². The molecule has 3 heterocycles. The van der Waals surface area contributed by atoms with Gasteiger partial charge in [-0.05, 0) is 39.5 Å². The predicted molar refractivity (Wildman–Crippen MR) is 75.8 cm³/mol. The summed E-state index contributed by atoms with van der Waals surface area (Å²) in [5.74, 6) is 0.976. The van der Waals surface area contributed by atoms with Gasteiger partial charge in [0.2, 0.25) is 0 Å². The first-order valence-electron chi connectivity index (χ1n) is 5.19. The van der Waals surface area contributed by atoms with E-state index in [1.807, 2.05) is 25.4 Å². The van der Waals surface area contributed by atoms with Crippen molar-refractivity contribution in [2.75, 3.05) is 12.4 Å². The second kappa shape index (κ2) is 4.16. The summed E-state index contributed by atoms with van der Waals surface area (Å²) >= 11 is 5.21. The summed E-state index contributed by atoms with van der Waals surface area (Å²) in [6.45, 7) is 0. The molecule has 1 N–H and O–H groups in total. The summed E-state index contributed by atoms with van der Waals surface area (Å²) < 4.78 is 2.97. The Bertz CT molecular complexity index is 658. The maximum atomic E-state index is 4.57. The number of halogens is 1. The molecule has 0 aliphatic heterocycles. The van der Waals surface area contributed by atoms with Crippen molar-refractivity contribution in [1.29, 1.82) is 0 Å². The molecule has 86 valence electrons. The van der Waals surface area contributed by atoms with Crippen molar-refractivity contribution in [1.82, 2.24) is 9.38 Å². The molecule has 0 bridgehead atoms. The summed E-state index contributed by atoms with van der Waals surface area (Å²) in [5.41, 5.74) is 2.15. The van der Waals surface area contributed by atoms with Crippen LogP contribution in [0.15, 0.2) is 40.4 Å². The van der Waals surface area contributed by atoms with Crippen LogP contribution in [-0.4, -0.2) is 16.4 Å². The van der Waals surface area contributed by atoms with Gasteiger partial charge in [0.1, 0.15) is 4.60 Å². The average Bonchev–Trinajstić information content (AvgIpc) is 2.97. The van der Waals surface area contributed by atoms with Crippen LogP contribution in [0, 0.1) is 0 Å². The van der Waals surface area contributed by atoms with E-state index < -0.39 is 0 Å². The Morgan fingerprint density at radius 2 is 2.29 bits per heavy atom. The second-order valence-electron chi connectivity index (χ2n) is 3.62. The van der Waals surface area contributed by atoms with Crippen LogP contribution in [0.1, 0.15) is 0 Å². The van der Waals surface area contributed by atoms with E-state index in [4.69, 9.17) is 0 Å². The van der Waals surface area contributed by atoms with Crippen molar-refractivity contribution in [3.05, 3.63) is 40.4 Å². The smallest absolute Gasteiger partial charge is 0.156 e. The summed E-state index contributed by atoms with van der Waals surface area (Å²) in [5, 5.41) is 5.19. The monoisotopic (exact) mass is 307 g/mol. The Balaban J connectivity index is 2.28. The van der Waals surface area contributed by atoms with Gasteiger partial charge in [0.05, 0.1) is 10.4 Å². The Labute approximate surface area is 111 Å². The third kappa shape index (κ3) is 1.75. The lowest BCUT2D eigenvalue weighted by atomic mass is 10.3. The summed E-state index contributed by atoms with van der Waals surface area (Å²) in [6.07, 6.45) is 2.04. The molecule has 0 aromatic carbocycles. The van der Waals surface area contributed by atoms with Crippen LogP contribution in [-0.2, 0) is 0 Å². The number of nitrogens with one attached hydrogen (secondary N) is 1. The molecule has 3 nitrogen and oxygen atoms in total. The fourth-order valence-electron chi connectivity index (χ4n) is 1.78. The van der Waals surface area contributed by atoms with E-state index in [9.17, 15) is 0 Å². The van der Waals surface area contributed by atoms with Crippen LogP contribution in [0.25, 0.3) is 16.2 Å². The zero-order chi connectivity index (χ0) is 11.8. The lowest BCUT2D eigenvalue weighted by Gasteiger charge is -2.02. The number of anilines is 1. The van der Waals surface area contributed by atoms with Gasteiger partial charge in [-0.15, -0.1) is 11.3 Å². The molecule has 0 radical (unpaired) electrons. The van der Waals surface area contributed by atoms with E-state index in [2.05, 4.69) is 48.1 Å². The van der Waals surface area contributed by atoms with Gasteiger partial charge >= 0.3 is 0 Å². The summed E-state index contributed by atoms with van der Waals surface area (Å²) in [7, 11) is 1.91. The van der Waals surface area contributed by atoms with Crippen LogP contribution in [0.5, 0.6) is 0 Å². The highest BCUT2D eigenvalue weighted by Crippen LogP contribution is 2.30. The van der Waals surface area contributed by atoms with Crippen LogP contribution in [0.4, 0.5) is 5.69 Å². The topological polar surface area (TPSA) is 29.3 Å². The number of imidazole rings is 1. The predicted octanol–water partition coefficient (Wildman–Crippen LogP) is 3.87. The molecule has 0 aliphatic rings. The van der Waals surface area contributed by atoms with E-state index in [0.29, 0.717) is 0 Å². The molecule has 0 amide bonds. The minimum Gasteiger partial charge on any atom is -0.388 e. The number of fused-ring (bicyclic) bond motifs is 1. The first-order chi connectivity index (χ1) is 8.29. The highest BCUT2D eigenvalue weighted by atomic mass is 79.9. The number of pyridine rings is 1. The second-order valence-corrected chi connectivity index (χ2v) is 5.32. The van der Waals surface area contributed by atoms with Crippen LogP contribution in [0.2, 0.25) is 0 Å². The molecule has 3 aromatic rings. The van der Waals surface area contributed by atoms with Gasteiger partial charge in [0.15, 0.2) is 5.82 Å². The van der Waals surface area contributed by atoms with Crippen LogP contribution in [0.3, 0.4) is 0 Å². The maximum absolute atomic E-state index is 4.57. The molecule has 0 saturated carbocycles. The van der Waals surface area contributed by atoms with Crippen LogP contribution >= 0.6 is 27.3 Å². The minimum atomic E-state index is 0.873. The van der Waals surface area contributed by atoms with Gasteiger partial charge in [0, 0.05) is 18.9 Å². The Kier molecular flexibility index (Phi) is 2.64. The Morgan fingerprint density at radius 3 is 3.00 bits per heavy atom. The van der Waals surface area contributed by atoms with Gasteiger partial charge in [0.25, 0.3) is 0 Å². The molecule has 5 heteroatoms. The molecule has 0 aliphatic carbocycles. The molecule has 0 atom stereocenters. The molecule has 0 fully saturated rings. The number of hydrogen-bond donors (Lipinski definition) is 1. The number of aromatic nitrogens is 2. The molecule has 3 rings (SSSR count). The van der Waals surface area contributed by atoms with Crippen LogP contribution < -0.4 is 5.32 Å². The molecular formula is C12H10BrN3S. The standard InChI is InChI=1S/C12H10BrN3S/c1-14-8-4-5-16-9(7-8)11(13)15-12(16)10-3-2-6-17-10/h2-7,14H,1H3. The molecule has 0 saturated heterocycles. The number of nitrogens with zero attached hydrogens (tertiary/aromatic N) is 2. The number of hydrogen-bond acceptors (Lipinski definition) is 3. The zero-order valence-corrected chi connectivity index (χ0v) is 11.5.